The van der Waals surface area contributed by atoms with Gasteiger partial charge in [-0.15, -0.1) is 0 Å². The zero-order chi connectivity index (χ0) is 19.3. The lowest BCUT2D eigenvalue weighted by Gasteiger charge is -2.24. The number of rotatable bonds is 0. The summed E-state index contributed by atoms with van der Waals surface area (Å²) in [6.07, 6.45) is 1.03. The molecule has 0 N–H and O–H groups in total. The summed E-state index contributed by atoms with van der Waals surface area (Å²) in [6, 6.07) is 26.5. The molecule has 0 radical (unpaired) electrons. The van der Waals surface area contributed by atoms with Crippen LogP contribution in [-0.2, 0) is 11.8 Å². The topological polar surface area (TPSA) is 13.1 Å². The second-order valence-corrected chi connectivity index (χ2v) is 8.94. The first-order valence-electron chi connectivity index (χ1n) is 10.3. The maximum absolute atomic E-state index is 6.45. The van der Waals surface area contributed by atoms with Crippen molar-refractivity contribution < 1.29 is 4.42 Å². The Morgan fingerprint density at radius 3 is 2.34 bits per heavy atom. The van der Waals surface area contributed by atoms with Gasteiger partial charge in [-0.2, -0.15) is 0 Å². The molecule has 0 atom stereocenters. The molecular formula is C28H20O. The van der Waals surface area contributed by atoms with Crippen LogP contribution in [0.4, 0.5) is 0 Å². The molecule has 0 unspecified atom stereocenters. The maximum Gasteiger partial charge on any atom is 0.140 e. The molecule has 4 aromatic carbocycles. The molecule has 29 heavy (non-hydrogen) atoms. The minimum atomic E-state index is -0.110. The highest BCUT2D eigenvalue weighted by molar-refractivity contribution is 6.09. The molecule has 2 aliphatic carbocycles. The second kappa shape index (κ2) is 4.99. The first kappa shape index (κ1) is 15.6. The fraction of sp³-hybridized carbons (Fsp3) is 0.143. The van der Waals surface area contributed by atoms with Crippen LogP contribution in [0, 0.1) is 0 Å². The van der Waals surface area contributed by atoms with Gasteiger partial charge >= 0.3 is 0 Å². The number of hydrogen-bond donors (Lipinski definition) is 0. The fourth-order valence-electron chi connectivity index (χ4n) is 5.86. The Balaban J connectivity index is 1.61. The zero-order valence-corrected chi connectivity index (χ0v) is 16.5. The van der Waals surface area contributed by atoms with Gasteiger partial charge in [0.1, 0.15) is 11.2 Å². The van der Waals surface area contributed by atoms with Gasteiger partial charge in [-0.1, -0.05) is 74.5 Å². The highest BCUT2D eigenvalue weighted by atomic mass is 16.3. The van der Waals surface area contributed by atoms with E-state index < -0.39 is 0 Å². The molecule has 1 heterocycles. The van der Waals surface area contributed by atoms with Gasteiger partial charge in [-0.3, -0.25) is 0 Å². The van der Waals surface area contributed by atoms with Crippen LogP contribution >= 0.6 is 0 Å². The summed E-state index contributed by atoms with van der Waals surface area (Å²) in [4.78, 5) is 0. The molecule has 0 saturated carbocycles. The quantitative estimate of drug-likeness (QED) is 0.270. The van der Waals surface area contributed by atoms with E-state index in [1.165, 1.54) is 55.3 Å². The van der Waals surface area contributed by atoms with Crippen molar-refractivity contribution in [3.05, 3.63) is 95.1 Å². The Bertz CT molecular complexity index is 1500. The van der Waals surface area contributed by atoms with Gasteiger partial charge in [0, 0.05) is 21.8 Å². The minimum Gasteiger partial charge on any atom is -0.456 e. The smallest absolute Gasteiger partial charge is 0.140 e. The molecule has 0 bridgehead atoms. The number of para-hydroxylation sites is 1. The van der Waals surface area contributed by atoms with E-state index in [1.807, 2.05) is 0 Å². The van der Waals surface area contributed by atoms with Crippen molar-refractivity contribution in [2.45, 2.75) is 25.7 Å². The van der Waals surface area contributed by atoms with Crippen molar-refractivity contribution in [2.24, 2.45) is 0 Å². The molecule has 0 amide bonds. The van der Waals surface area contributed by atoms with Crippen LogP contribution in [0.3, 0.4) is 0 Å². The summed E-state index contributed by atoms with van der Waals surface area (Å²) < 4.78 is 6.45. The van der Waals surface area contributed by atoms with E-state index in [9.17, 15) is 0 Å². The lowest BCUT2D eigenvalue weighted by molar-refractivity contribution is 0.620. The predicted octanol–water partition coefficient (Wildman–Crippen LogP) is 7.46. The van der Waals surface area contributed by atoms with Crippen molar-refractivity contribution >= 4 is 21.9 Å². The monoisotopic (exact) mass is 372 g/mol. The molecule has 7 rings (SSSR count). The van der Waals surface area contributed by atoms with E-state index in [-0.39, 0.29) is 5.41 Å². The third kappa shape index (κ3) is 1.77. The molecule has 0 fully saturated rings. The summed E-state index contributed by atoms with van der Waals surface area (Å²) in [5.74, 6) is 0. The Morgan fingerprint density at radius 2 is 1.41 bits per heavy atom. The van der Waals surface area contributed by atoms with Gasteiger partial charge in [0.2, 0.25) is 0 Å². The Labute approximate surface area is 169 Å². The molecule has 0 spiro atoms. The molecule has 1 nitrogen and oxygen atoms in total. The highest BCUT2D eigenvalue weighted by Crippen LogP contribution is 2.57. The molecule has 2 aliphatic rings. The van der Waals surface area contributed by atoms with Gasteiger partial charge in [0.15, 0.2) is 0 Å². The van der Waals surface area contributed by atoms with E-state index >= 15 is 0 Å². The Hall–Kier alpha value is -3.32. The van der Waals surface area contributed by atoms with Gasteiger partial charge in [-0.05, 0) is 57.5 Å². The van der Waals surface area contributed by atoms with E-state index in [1.54, 1.807) is 0 Å². The number of fused-ring (bicyclic) bond motifs is 11. The standard InChI is InChI=1S/C28H20O/c1-28(2)25-20(12-11-17-15-16-7-3-4-8-18(16)24(17)25)21-13-14-22-19-9-5-6-10-23(19)29-27(22)26(21)28/h3-14H,15H2,1-2H3. The SMILES string of the molecule is CC1(C)c2c(ccc3c2-c2ccccc2C3)-c2ccc3c(oc4ccccc43)c21. The lowest BCUT2D eigenvalue weighted by atomic mass is 9.78. The summed E-state index contributed by atoms with van der Waals surface area (Å²) in [5.41, 5.74) is 13.1. The van der Waals surface area contributed by atoms with Gasteiger partial charge in [0.25, 0.3) is 0 Å². The molecule has 0 aliphatic heterocycles. The molecular weight excluding hydrogens is 352 g/mol. The van der Waals surface area contributed by atoms with Crippen LogP contribution in [-0.4, -0.2) is 0 Å². The van der Waals surface area contributed by atoms with Gasteiger partial charge in [-0.25, -0.2) is 0 Å². The highest BCUT2D eigenvalue weighted by Gasteiger charge is 2.42. The third-order valence-corrected chi connectivity index (χ3v) is 7.05. The summed E-state index contributed by atoms with van der Waals surface area (Å²) in [7, 11) is 0. The first-order chi connectivity index (χ1) is 14.1. The van der Waals surface area contributed by atoms with Crippen molar-refractivity contribution in [3.8, 4) is 22.3 Å². The summed E-state index contributed by atoms with van der Waals surface area (Å²) in [5, 5.41) is 2.42. The zero-order valence-electron chi connectivity index (χ0n) is 16.5. The third-order valence-electron chi connectivity index (χ3n) is 7.05. The van der Waals surface area contributed by atoms with Crippen molar-refractivity contribution in [3.63, 3.8) is 0 Å². The van der Waals surface area contributed by atoms with Crippen LogP contribution in [0.2, 0.25) is 0 Å². The van der Waals surface area contributed by atoms with Gasteiger partial charge in [0.05, 0.1) is 0 Å². The number of benzene rings is 4. The van der Waals surface area contributed by atoms with Crippen LogP contribution in [0.25, 0.3) is 44.2 Å². The van der Waals surface area contributed by atoms with Crippen molar-refractivity contribution in [2.75, 3.05) is 0 Å². The maximum atomic E-state index is 6.45. The predicted molar refractivity (Wildman–Crippen MR) is 120 cm³/mol. The Morgan fingerprint density at radius 1 is 0.655 bits per heavy atom. The first-order valence-corrected chi connectivity index (χ1v) is 10.3. The van der Waals surface area contributed by atoms with E-state index in [0.717, 1.165) is 17.6 Å². The molecule has 0 saturated heterocycles. The average Bonchev–Trinajstić information content (AvgIpc) is 3.36. The van der Waals surface area contributed by atoms with E-state index in [0.29, 0.717) is 0 Å². The molecule has 1 aromatic heterocycles. The molecule has 138 valence electrons. The summed E-state index contributed by atoms with van der Waals surface area (Å²) >= 11 is 0. The average molecular weight is 372 g/mol. The molecule has 5 aromatic rings. The minimum absolute atomic E-state index is 0.110. The number of furan rings is 1. The summed E-state index contributed by atoms with van der Waals surface area (Å²) in [6.45, 7) is 4.73. The van der Waals surface area contributed by atoms with Crippen LogP contribution < -0.4 is 0 Å². The second-order valence-electron chi connectivity index (χ2n) is 8.94. The van der Waals surface area contributed by atoms with Crippen LogP contribution in [0.5, 0.6) is 0 Å². The van der Waals surface area contributed by atoms with Crippen LogP contribution in [0.1, 0.15) is 36.1 Å². The lowest BCUT2D eigenvalue weighted by Crippen LogP contribution is -2.16. The van der Waals surface area contributed by atoms with Gasteiger partial charge < -0.3 is 4.42 Å². The van der Waals surface area contributed by atoms with Crippen molar-refractivity contribution in [1.82, 2.24) is 0 Å². The van der Waals surface area contributed by atoms with E-state index in [2.05, 4.69) is 86.6 Å². The van der Waals surface area contributed by atoms with Crippen molar-refractivity contribution in [1.29, 1.82) is 0 Å². The Kier molecular flexibility index (Phi) is 2.68. The fourth-order valence-corrected chi connectivity index (χ4v) is 5.86. The number of hydrogen-bond acceptors (Lipinski definition) is 1. The van der Waals surface area contributed by atoms with Crippen LogP contribution in [0.15, 0.2) is 77.2 Å². The largest absolute Gasteiger partial charge is 0.456 e. The molecule has 1 heteroatoms. The normalized spacial score (nSPS) is 15.4. The van der Waals surface area contributed by atoms with E-state index in [4.69, 9.17) is 4.42 Å².